The van der Waals surface area contributed by atoms with Crippen molar-refractivity contribution in [2.24, 2.45) is 5.92 Å². The van der Waals surface area contributed by atoms with Crippen LogP contribution in [-0.2, 0) is 0 Å². The van der Waals surface area contributed by atoms with E-state index in [9.17, 15) is 10.1 Å². The lowest BCUT2D eigenvalue weighted by atomic mass is 9.99. The predicted molar refractivity (Wildman–Crippen MR) is 137 cm³/mol. The fourth-order valence-electron chi connectivity index (χ4n) is 4.66. The zero-order valence-electron chi connectivity index (χ0n) is 19.9. The molecule has 8 heteroatoms. The molecule has 0 spiro atoms. The summed E-state index contributed by atoms with van der Waals surface area (Å²) in [6.45, 7) is 2.60. The quantitative estimate of drug-likeness (QED) is 0.404. The first-order chi connectivity index (χ1) is 17.7. The van der Waals surface area contributed by atoms with Crippen LogP contribution in [0.4, 0.5) is 4.79 Å². The highest BCUT2D eigenvalue weighted by atomic mass is 16.5. The minimum Gasteiger partial charge on any atom is -0.492 e. The van der Waals surface area contributed by atoms with E-state index in [-0.39, 0.29) is 6.03 Å². The predicted octanol–water partition coefficient (Wildman–Crippen LogP) is 4.95. The number of nitrogens with zero attached hydrogens (tertiary/aromatic N) is 3. The SMILES string of the molecule is N#Cc1cc2c(Oc3ccc4c(ccn4C(=O)NC4CC4)c3)ccnc2cc1OCC1CCNCC1. The molecule has 182 valence electrons. The van der Waals surface area contributed by atoms with Crippen molar-refractivity contribution in [2.45, 2.75) is 31.7 Å². The third kappa shape index (κ3) is 4.58. The lowest BCUT2D eigenvalue weighted by Gasteiger charge is -2.23. The second-order valence-corrected chi connectivity index (χ2v) is 9.52. The maximum Gasteiger partial charge on any atom is 0.326 e. The first-order valence-corrected chi connectivity index (χ1v) is 12.4. The van der Waals surface area contributed by atoms with Gasteiger partial charge in [-0.3, -0.25) is 9.55 Å². The number of pyridine rings is 1. The molecule has 0 unspecified atom stereocenters. The van der Waals surface area contributed by atoms with Gasteiger partial charge in [0.2, 0.25) is 0 Å². The molecule has 1 amide bonds. The molecule has 1 aliphatic heterocycles. The van der Waals surface area contributed by atoms with Crippen LogP contribution in [0.3, 0.4) is 0 Å². The average Bonchev–Trinajstić information content (AvgIpc) is 3.62. The Morgan fingerprint density at radius 3 is 2.78 bits per heavy atom. The molecule has 1 saturated carbocycles. The van der Waals surface area contributed by atoms with Crippen LogP contribution < -0.4 is 20.1 Å². The van der Waals surface area contributed by atoms with E-state index in [0.29, 0.717) is 46.9 Å². The van der Waals surface area contributed by atoms with Crippen molar-refractivity contribution in [3.8, 4) is 23.3 Å². The zero-order valence-corrected chi connectivity index (χ0v) is 19.9. The monoisotopic (exact) mass is 481 g/mol. The van der Waals surface area contributed by atoms with Crippen LogP contribution >= 0.6 is 0 Å². The molecule has 6 rings (SSSR count). The van der Waals surface area contributed by atoms with Crippen LogP contribution in [0.15, 0.2) is 54.9 Å². The van der Waals surface area contributed by atoms with Gasteiger partial charge in [-0.25, -0.2) is 4.79 Å². The Hall–Kier alpha value is -4.09. The molecule has 1 saturated heterocycles. The Morgan fingerprint density at radius 1 is 1.11 bits per heavy atom. The van der Waals surface area contributed by atoms with Crippen LogP contribution in [0, 0.1) is 17.2 Å². The number of carbonyl (C=O) groups is 1. The van der Waals surface area contributed by atoms with Gasteiger partial charge in [0.15, 0.2) is 0 Å². The maximum absolute atomic E-state index is 12.5. The largest absolute Gasteiger partial charge is 0.492 e. The number of nitriles is 1. The Morgan fingerprint density at radius 2 is 1.97 bits per heavy atom. The minimum atomic E-state index is -0.108. The number of amides is 1. The van der Waals surface area contributed by atoms with Crippen molar-refractivity contribution in [3.63, 3.8) is 0 Å². The Balaban J connectivity index is 1.25. The van der Waals surface area contributed by atoms with Crippen molar-refractivity contribution >= 4 is 27.8 Å². The van der Waals surface area contributed by atoms with E-state index in [4.69, 9.17) is 9.47 Å². The number of piperidine rings is 1. The Bertz CT molecular complexity index is 1480. The normalized spacial score (nSPS) is 16.1. The van der Waals surface area contributed by atoms with E-state index in [1.54, 1.807) is 29.1 Å². The molecule has 2 aromatic heterocycles. The number of benzene rings is 2. The van der Waals surface area contributed by atoms with Gasteiger partial charge in [0.1, 0.15) is 23.3 Å². The zero-order chi connectivity index (χ0) is 24.5. The van der Waals surface area contributed by atoms with Gasteiger partial charge in [0.05, 0.1) is 23.2 Å². The van der Waals surface area contributed by atoms with Crippen molar-refractivity contribution in [1.29, 1.82) is 5.26 Å². The minimum absolute atomic E-state index is 0.108. The molecular weight excluding hydrogens is 454 g/mol. The summed E-state index contributed by atoms with van der Waals surface area (Å²) in [7, 11) is 0. The Labute approximate surface area is 208 Å². The number of nitrogens with one attached hydrogen (secondary N) is 2. The summed E-state index contributed by atoms with van der Waals surface area (Å²) in [4.78, 5) is 17.0. The Kier molecular flexibility index (Phi) is 5.91. The molecule has 4 aromatic rings. The maximum atomic E-state index is 12.5. The first-order valence-electron chi connectivity index (χ1n) is 12.4. The van der Waals surface area contributed by atoms with Gasteiger partial charge in [0.25, 0.3) is 0 Å². The molecular formula is C28H27N5O3. The first kappa shape index (κ1) is 22.4. The van der Waals surface area contributed by atoms with Gasteiger partial charge < -0.3 is 20.1 Å². The standard InChI is InChI=1S/C28H27N5O3/c29-16-20-14-23-24(15-27(20)35-17-18-5-9-30-10-6-18)31-11-7-26(23)36-22-3-4-25-19(13-22)8-12-33(25)28(34)32-21-1-2-21/h3-4,7-8,11-15,18,21,30H,1-2,5-6,9-10,17H2,(H,32,34). The highest BCUT2D eigenvalue weighted by Crippen LogP contribution is 2.34. The van der Waals surface area contributed by atoms with Crippen molar-refractivity contribution < 1.29 is 14.3 Å². The van der Waals surface area contributed by atoms with Gasteiger partial charge in [-0.2, -0.15) is 5.26 Å². The lowest BCUT2D eigenvalue weighted by Crippen LogP contribution is -2.30. The second kappa shape index (κ2) is 9.51. The molecule has 2 fully saturated rings. The number of ether oxygens (including phenoxy) is 2. The van der Waals surface area contributed by atoms with Gasteiger partial charge in [-0.1, -0.05) is 0 Å². The van der Waals surface area contributed by atoms with E-state index < -0.39 is 0 Å². The molecule has 2 aromatic carbocycles. The van der Waals surface area contributed by atoms with Gasteiger partial charge >= 0.3 is 6.03 Å². The fraction of sp³-hybridized carbons (Fsp3) is 0.321. The van der Waals surface area contributed by atoms with Crippen molar-refractivity contribution in [3.05, 3.63) is 60.4 Å². The number of carbonyl (C=O) groups excluding carboxylic acids is 1. The molecule has 1 aliphatic carbocycles. The topological polar surface area (TPSA) is 101 Å². The summed E-state index contributed by atoms with van der Waals surface area (Å²) < 4.78 is 13.9. The van der Waals surface area contributed by atoms with Crippen LogP contribution in [0.1, 0.15) is 31.2 Å². The molecule has 0 bridgehead atoms. The van der Waals surface area contributed by atoms with Crippen LogP contribution in [0.25, 0.3) is 21.8 Å². The van der Waals surface area contributed by atoms with E-state index >= 15 is 0 Å². The van der Waals surface area contributed by atoms with E-state index in [1.165, 1.54) is 0 Å². The third-order valence-electron chi connectivity index (χ3n) is 6.87. The highest BCUT2D eigenvalue weighted by molar-refractivity contribution is 5.93. The summed E-state index contributed by atoms with van der Waals surface area (Å²) in [5, 5.41) is 17.8. The highest BCUT2D eigenvalue weighted by Gasteiger charge is 2.24. The molecule has 0 atom stereocenters. The molecule has 3 heterocycles. The molecule has 2 N–H and O–H groups in total. The summed E-state index contributed by atoms with van der Waals surface area (Å²) in [5.74, 6) is 2.29. The third-order valence-corrected chi connectivity index (χ3v) is 6.87. The number of rotatable bonds is 6. The molecule has 8 nitrogen and oxygen atoms in total. The lowest BCUT2D eigenvalue weighted by molar-refractivity contribution is 0.215. The van der Waals surface area contributed by atoms with Gasteiger partial charge in [-0.05, 0) is 81.1 Å². The smallest absolute Gasteiger partial charge is 0.326 e. The average molecular weight is 482 g/mol. The van der Waals surface area contributed by atoms with E-state index in [2.05, 4.69) is 21.7 Å². The summed E-state index contributed by atoms with van der Waals surface area (Å²) in [6, 6.07) is 15.4. The van der Waals surface area contributed by atoms with Crippen molar-refractivity contribution in [1.82, 2.24) is 20.2 Å². The summed E-state index contributed by atoms with van der Waals surface area (Å²) in [6.07, 6.45) is 7.70. The van der Waals surface area contributed by atoms with Crippen molar-refractivity contribution in [2.75, 3.05) is 19.7 Å². The second-order valence-electron chi connectivity index (χ2n) is 9.52. The van der Waals surface area contributed by atoms with Crippen LogP contribution in [0.2, 0.25) is 0 Å². The van der Waals surface area contributed by atoms with Crippen LogP contribution in [0.5, 0.6) is 17.2 Å². The summed E-state index contributed by atoms with van der Waals surface area (Å²) >= 11 is 0. The van der Waals surface area contributed by atoms with E-state index in [1.807, 2.05) is 30.3 Å². The summed E-state index contributed by atoms with van der Waals surface area (Å²) in [5.41, 5.74) is 1.99. The van der Waals surface area contributed by atoms with Gasteiger partial charge in [0, 0.05) is 35.3 Å². The fourth-order valence-corrected chi connectivity index (χ4v) is 4.66. The number of hydrogen-bond acceptors (Lipinski definition) is 6. The van der Waals surface area contributed by atoms with Gasteiger partial charge in [-0.15, -0.1) is 0 Å². The van der Waals surface area contributed by atoms with Crippen LogP contribution in [-0.4, -0.2) is 41.3 Å². The molecule has 36 heavy (non-hydrogen) atoms. The number of fused-ring (bicyclic) bond motifs is 2. The number of hydrogen-bond donors (Lipinski definition) is 2. The molecule has 2 aliphatic rings. The molecule has 0 radical (unpaired) electrons. The van der Waals surface area contributed by atoms with E-state index in [0.717, 1.165) is 55.1 Å². The number of aromatic nitrogens is 2.